The topological polar surface area (TPSA) is 50.8 Å². The highest BCUT2D eigenvalue weighted by atomic mass is 19.1. The molecule has 2 heterocycles. The quantitative estimate of drug-likeness (QED) is 0.910. The Morgan fingerprint density at radius 3 is 2.41 bits per heavy atom. The van der Waals surface area contributed by atoms with Crippen molar-refractivity contribution in [1.82, 2.24) is 10.2 Å². The van der Waals surface area contributed by atoms with Gasteiger partial charge in [-0.15, -0.1) is 0 Å². The van der Waals surface area contributed by atoms with Gasteiger partial charge in [-0.05, 0) is 31.5 Å². The van der Waals surface area contributed by atoms with Crippen LogP contribution in [0.3, 0.4) is 0 Å². The summed E-state index contributed by atoms with van der Waals surface area (Å²) in [7, 11) is 0. The molecule has 2 saturated heterocycles. The van der Waals surface area contributed by atoms with Crippen molar-refractivity contribution >= 4 is 6.03 Å². The zero-order chi connectivity index (χ0) is 15.8. The smallest absolute Gasteiger partial charge is 0.317 e. The van der Waals surface area contributed by atoms with Crippen molar-refractivity contribution in [3.05, 3.63) is 35.6 Å². The molecule has 3 rings (SSSR count). The fraction of sp³-hybridized carbons (Fsp3) is 0.562. The summed E-state index contributed by atoms with van der Waals surface area (Å²) >= 11 is 0. The third-order valence-corrected chi connectivity index (χ3v) is 4.15. The van der Waals surface area contributed by atoms with E-state index in [2.05, 4.69) is 5.32 Å². The SMILES string of the molecule is CC1(C)OCC2(CO1)CN(C(=O)NCc1ccc(F)cc1)C2. The molecule has 2 aliphatic heterocycles. The van der Waals surface area contributed by atoms with Crippen molar-refractivity contribution in [2.45, 2.75) is 26.2 Å². The lowest BCUT2D eigenvalue weighted by Gasteiger charge is -2.53. The van der Waals surface area contributed by atoms with Gasteiger partial charge >= 0.3 is 6.03 Å². The Balaban J connectivity index is 1.45. The van der Waals surface area contributed by atoms with Gasteiger partial charge in [-0.2, -0.15) is 0 Å². The summed E-state index contributed by atoms with van der Waals surface area (Å²) in [5.74, 6) is -0.809. The zero-order valence-corrected chi connectivity index (χ0v) is 12.9. The zero-order valence-electron chi connectivity index (χ0n) is 12.9. The van der Waals surface area contributed by atoms with E-state index in [0.717, 1.165) is 5.56 Å². The van der Waals surface area contributed by atoms with Crippen LogP contribution in [-0.2, 0) is 16.0 Å². The molecule has 0 saturated carbocycles. The Hall–Kier alpha value is -1.66. The third kappa shape index (κ3) is 3.23. The van der Waals surface area contributed by atoms with Crippen molar-refractivity contribution in [3.8, 4) is 0 Å². The molecule has 1 spiro atoms. The van der Waals surface area contributed by atoms with Crippen LogP contribution in [0, 0.1) is 11.2 Å². The minimum absolute atomic E-state index is 0.0667. The lowest BCUT2D eigenvalue weighted by molar-refractivity contribution is -0.301. The monoisotopic (exact) mass is 308 g/mol. The van der Waals surface area contributed by atoms with Gasteiger partial charge in [0.2, 0.25) is 0 Å². The van der Waals surface area contributed by atoms with Gasteiger partial charge in [0.05, 0.1) is 18.6 Å². The number of halogens is 1. The van der Waals surface area contributed by atoms with Gasteiger partial charge in [0.1, 0.15) is 5.82 Å². The first kappa shape index (κ1) is 15.2. The molecule has 2 aliphatic rings. The Morgan fingerprint density at radius 2 is 1.82 bits per heavy atom. The average molecular weight is 308 g/mol. The predicted octanol–water partition coefficient (Wildman–Crippen LogP) is 2.12. The van der Waals surface area contributed by atoms with Crippen LogP contribution in [0.25, 0.3) is 0 Å². The molecule has 1 N–H and O–H groups in total. The van der Waals surface area contributed by atoms with E-state index in [-0.39, 0.29) is 17.3 Å². The molecule has 2 amide bonds. The number of hydrogen-bond acceptors (Lipinski definition) is 3. The minimum atomic E-state index is -0.531. The highest BCUT2D eigenvalue weighted by Crippen LogP contribution is 2.37. The van der Waals surface area contributed by atoms with Crippen LogP contribution in [0.5, 0.6) is 0 Å². The number of likely N-dealkylation sites (tertiary alicyclic amines) is 1. The van der Waals surface area contributed by atoms with Crippen molar-refractivity contribution in [2.75, 3.05) is 26.3 Å². The van der Waals surface area contributed by atoms with Gasteiger partial charge in [-0.3, -0.25) is 0 Å². The van der Waals surface area contributed by atoms with Crippen molar-refractivity contribution in [2.24, 2.45) is 5.41 Å². The summed E-state index contributed by atoms with van der Waals surface area (Å²) in [6.45, 7) is 6.68. The molecule has 22 heavy (non-hydrogen) atoms. The fourth-order valence-electron chi connectivity index (χ4n) is 2.72. The van der Waals surface area contributed by atoms with Gasteiger partial charge in [0.15, 0.2) is 5.79 Å². The second-order valence-corrected chi connectivity index (χ2v) is 6.62. The molecule has 2 fully saturated rings. The molecular formula is C16H21FN2O3. The molecule has 0 unspecified atom stereocenters. The number of rotatable bonds is 2. The number of benzene rings is 1. The van der Waals surface area contributed by atoms with Crippen LogP contribution in [0.1, 0.15) is 19.4 Å². The van der Waals surface area contributed by atoms with Crippen molar-refractivity contribution in [1.29, 1.82) is 0 Å². The Kier molecular flexibility index (Phi) is 3.82. The van der Waals surface area contributed by atoms with Gasteiger partial charge in [-0.25, -0.2) is 9.18 Å². The summed E-state index contributed by atoms with van der Waals surface area (Å²) in [4.78, 5) is 13.8. The molecule has 0 aromatic heterocycles. The molecule has 5 nitrogen and oxygen atoms in total. The lowest BCUT2D eigenvalue weighted by Crippen LogP contribution is -2.67. The number of nitrogens with one attached hydrogen (secondary N) is 1. The van der Waals surface area contributed by atoms with E-state index in [0.29, 0.717) is 32.8 Å². The standard InChI is InChI=1S/C16H21FN2O3/c1-15(2)21-10-16(11-22-15)8-19(9-16)14(20)18-7-12-3-5-13(17)6-4-12/h3-6H,7-11H2,1-2H3,(H,18,20). The van der Waals surface area contributed by atoms with Gasteiger partial charge in [0, 0.05) is 19.6 Å². The number of nitrogens with zero attached hydrogens (tertiary/aromatic N) is 1. The minimum Gasteiger partial charge on any atom is -0.350 e. The maximum absolute atomic E-state index is 12.8. The summed E-state index contributed by atoms with van der Waals surface area (Å²) in [5.41, 5.74) is 0.805. The second-order valence-electron chi connectivity index (χ2n) is 6.62. The summed E-state index contributed by atoms with van der Waals surface area (Å²) in [6, 6.07) is 5.99. The number of urea groups is 1. The number of amides is 2. The van der Waals surface area contributed by atoms with E-state index in [1.165, 1.54) is 12.1 Å². The normalized spacial score (nSPS) is 22.2. The lowest BCUT2D eigenvalue weighted by atomic mass is 9.81. The summed E-state index contributed by atoms with van der Waals surface area (Å²) in [6.07, 6.45) is 0. The van der Waals surface area contributed by atoms with Gasteiger partial charge in [-0.1, -0.05) is 12.1 Å². The van der Waals surface area contributed by atoms with E-state index in [9.17, 15) is 9.18 Å². The van der Waals surface area contributed by atoms with E-state index in [1.54, 1.807) is 17.0 Å². The second kappa shape index (κ2) is 5.52. The van der Waals surface area contributed by atoms with E-state index < -0.39 is 5.79 Å². The van der Waals surface area contributed by atoms with Crippen LogP contribution in [-0.4, -0.2) is 43.0 Å². The maximum atomic E-state index is 12.8. The van der Waals surface area contributed by atoms with Gasteiger partial charge < -0.3 is 19.7 Å². The number of ether oxygens (including phenoxy) is 2. The fourth-order valence-corrected chi connectivity index (χ4v) is 2.72. The van der Waals surface area contributed by atoms with E-state index in [1.807, 2.05) is 13.8 Å². The van der Waals surface area contributed by atoms with Crippen LogP contribution >= 0.6 is 0 Å². The third-order valence-electron chi connectivity index (χ3n) is 4.15. The van der Waals surface area contributed by atoms with Crippen LogP contribution in [0.2, 0.25) is 0 Å². The van der Waals surface area contributed by atoms with Crippen LogP contribution < -0.4 is 5.32 Å². The number of hydrogen-bond donors (Lipinski definition) is 1. The molecule has 120 valence electrons. The molecule has 0 atom stereocenters. The largest absolute Gasteiger partial charge is 0.350 e. The molecule has 1 aromatic rings. The van der Waals surface area contributed by atoms with E-state index in [4.69, 9.17) is 9.47 Å². The number of carbonyl (C=O) groups excluding carboxylic acids is 1. The van der Waals surface area contributed by atoms with Gasteiger partial charge in [0.25, 0.3) is 0 Å². The first-order valence-electron chi connectivity index (χ1n) is 7.43. The molecular weight excluding hydrogens is 287 g/mol. The van der Waals surface area contributed by atoms with E-state index >= 15 is 0 Å². The Morgan fingerprint density at radius 1 is 1.23 bits per heavy atom. The van der Waals surface area contributed by atoms with Crippen LogP contribution in [0.4, 0.5) is 9.18 Å². The highest BCUT2D eigenvalue weighted by molar-refractivity contribution is 5.75. The predicted molar refractivity (Wildman–Crippen MR) is 78.6 cm³/mol. The molecule has 1 aromatic carbocycles. The van der Waals surface area contributed by atoms with Crippen LogP contribution in [0.15, 0.2) is 24.3 Å². The maximum Gasteiger partial charge on any atom is 0.317 e. The first-order valence-corrected chi connectivity index (χ1v) is 7.43. The average Bonchev–Trinajstić information content (AvgIpc) is 2.44. The molecule has 0 bridgehead atoms. The highest BCUT2D eigenvalue weighted by Gasteiger charge is 2.50. The Bertz CT molecular complexity index is 541. The molecule has 6 heteroatoms. The molecule has 0 radical (unpaired) electrons. The first-order chi connectivity index (χ1) is 10.4. The molecule has 0 aliphatic carbocycles. The Labute approximate surface area is 129 Å². The summed E-state index contributed by atoms with van der Waals surface area (Å²) < 4.78 is 24.2. The van der Waals surface area contributed by atoms with Crippen molar-refractivity contribution < 1.29 is 18.7 Å². The summed E-state index contributed by atoms with van der Waals surface area (Å²) in [5, 5.41) is 2.84. The van der Waals surface area contributed by atoms with Crippen molar-refractivity contribution in [3.63, 3.8) is 0 Å². The number of carbonyl (C=O) groups is 1.